The van der Waals surface area contributed by atoms with Gasteiger partial charge in [0.05, 0.1) is 30.7 Å². The van der Waals surface area contributed by atoms with E-state index in [1.165, 1.54) is 6.07 Å². The number of hydrogen-bond acceptors (Lipinski definition) is 6. The summed E-state index contributed by atoms with van der Waals surface area (Å²) in [5.41, 5.74) is 0.510. The molecule has 0 aliphatic heterocycles. The van der Waals surface area contributed by atoms with Gasteiger partial charge >= 0.3 is 0 Å². The molecule has 0 unspecified atom stereocenters. The van der Waals surface area contributed by atoms with Crippen LogP contribution in [0.2, 0.25) is 0 Å². The van der Waals surface area contributed by atoms with E-state index >= 15 is 0 Å². The van der Waals surface area contributed by atoms with E-state index in [0.29, 0.717) is 17.2 Å². The zero-order valence-corrected chi connectivity index (χ0v) is 15.5. The first kappa shape index (κ1) is 19.1. The molecule has 0 amide bonds. The quantitative estimate of drug-likeness (QED) is 0.745. The predicted octanol–water partition coefficient (Wildman–Crippen LogP) is 2.83. The number of benzene rings is 2. The maximum absolute atomic E-state index is 11.9. The van der Waals surface area contributed by atoms with Crippen LogP contribution in [0.5, 0.6) is 11.5 Å². The van der Waals surface area contributed by atoms with Crippen molar-refractivity contribution in [1.29, 1.82) is 5.26 Å². The summed E-state index contributed by atoms with van der Waals surface area (Å²) in [6.07, 6.45) is 3.02. The molecule has 0 atom stereocenters. The molecule has 0 saturated carbocycles. The van der Waals surface area contributed by atoms with Crippen LogP contribution in [0.3, 0.4) is 0 Å². The number of sulfonamides is 1. The van der Waals surface area contributed by atoms with Crippen molar-refractivity contribution in [1.82, 2.24) is 0 Å². The molecule has 6 nitrogen and oxygen atoms in total. The molecule has 132 valence electrons. The van der Waals surface area contributed by atoms with Gasteiger partial charge in [-0.25, -0.2) is 8.42 Å². The second-order valence-corrected chi connectivity index (χ2v) is 7.92. The molecule has 0 spiro atoms. The van der Waals surface area contributed by atoms with E-state index in [1.807, 2.05) is 24.5 Å². The SMILES string of the molecule is CSc1ccc(Oc2ccc(N(CCO)S(C)(=O)=O)cc2C#N)cc1. The molecule has 25 heavy (non-hydrogen) atoms. The number of aliphatic hydroxyl groups is 1. The molecule has 1 N–H and O–H groups in total. The minimum absolute atomic E-state index is 0.0833. The number of anilines is 1. The first-order valence-corrected chi connectivity index (χ1v) is 10.4. The fourth-order valence-corrected chi connectivity index (χ4v) is 3.52. The minimum Gasteiger partial charge on any atom is -0.456 e. The lowest BCUT2D eigenvalue weighted by Crippen LogP contribution is -2.32. The van der Waals surface area contributed by atoms with Gasteiger partial charge in [-0.2, -0.15) is 5.26 Å². The molecule has 2 rings (SSSR count). The van der Waals surface area contributed by atoms with Gasteiger partial charge in [0, 0.05) is 4.90 Å². The van der Waals surface area contributed by atoms with Crippen molar-refractivity contribution >= 4 is 27.5 Å². The Bertz CT molecular complexity index is 875. The number of thioether (sulfide) groups is 1. The minimum atomic E-state index is -3.56. The third kappa shape index (κ3) is 4.89. The van der Waals surface area contributed by atoms with Gasteiger partial charge in [0.25, 0.3) is 0 Å². The molecule has 0 radical (unpaired) electrons. The van der Waals surface area contributed by atoms with E-state index in [9.17, 15) is 13.7 Å². The van der Waals surface area contributed by atoms with Crippen molar-refractivity contribution in [2.75, 3.05) is 30.0 Å². The molecule has 0 bridgehead atoms. The van der Waals surface area contributed by atoms with E-state index in [1.54, 1.807) is 36.0 Å². The maximum atomic E-state index is 11.9. The average molecular weight is 378 g/mol. The molecule has 0 aliphatic rings. The molecule has 0 saturated heterocycles. The van der Waals surface area contributed by atoms with Crippen molar-refractivity contribution in [2.45, 2.75) is 4.90 Å². The van der Waals surface area contributed by atoms with Crippen LogP contribution in [0.15, 0.2) is 47.4 Å². The molecule has 8 heteroatoms. The summed E-state index contributed by atoms with van der Waals surface area (Å²) in [6.45, 7) is -0.408. The lowest BCUT2D eigenvalue weighted by molar-refractivity contribution is 0.307. The molecule has 0 aromatic heterocycles. The monoisotopic (exact) mass is 378 g/mol. The highest BCUT2D eigenvalue weighted by Gasteiger charge is 2.18. The highest BCUT2D eigenvalue weighted by Crippen LogP contribution is 2.30. The van der Waals surface area contributed by atoms with Gasteiger partial charge in [0.2, 0.25) is 10.0 Å². The van der Waals surface area contributed by atoms with Crippen molar-refractivity contribution in [3.8, 4) is 17.6 Å². The van der Waals surface area contributed by atoms with Crippen LogP contribution in [0.4, 0.5) is 5.69 Å². The Morgan fingerprint density at radius 2 is 1.92 bits per heavy atom. The van der Waals surface area contributed by atoms with E-state index in [2.05, 4.69) is 0 Å². The van der Waals surface area contributed by atoms with Crippen LogP contribution >= 0.6 is 11.8 Å². The fraction of sp³-hybridized carbons (Fsp3) is 0.235. The number of rotatable bonds is 7. The van der Waals surface area contributed by atoms with Crippen LogP contribution in [0, 0.1) is 11.3 Å². The van der Waals surface area contributed by atoms with Gasteiger partial charge in [-0.05, 0) is 48.7 Å². The van der Waals surface area contributed by atoms with Crippen LogP contribution in [-0.2, 0) is 10.0 Å². The molecule has 2 aromatic rings. The standard InChI is InChI=1S/C17H18N2O4S2/c1-24-16-6-4-15(5-7-16)23-17-8-3-14(11-13(17)12-18)19(9-10-20)25(2,21)22/h3-8,11,20H,9-10H2,1-2H3. The largest absolute Gasteiger partial charge is 0.456 e. The average Bonchev–Trinajstić information content (AvgIpc) is 2.60. The summed E-state index contributed by atoms with van der Waals surface area (Å²) in [7, 11) is -3.56. The fourth-order valence-electron chi connectivity index (χ4n) is 2.20. The van der Waals surface area contributed by atoms with Gasteiger partial charge in [-0.1, -0.05) is 0 Å². The number of ether oxygens (including phenoxy) is 1. The van der Waals surface area contributed by atoms with Crippen LogP contribution in [-0.4, -0.2) is 39.2 Å². The summed E-state index contributed by atoms with van der Waals surface area (Å²) in [6, 6.07) is 14.0. The Kier molecular flexibility index (Phi) is 6.31. The van der Waals surface area contributed by atoms with E-state index in [-0.39, 0.29) is 18.7 Å². The summed E-state index contributed by atoms with van der Waals surface area (Å²) in [4.78, 5) is 1.09. The summed E-state index contributed by atoms with van der Waals surface area (Å²) in [5, 5.41) is 18.4. The van der Waals surface area contributed by atoms with Crippen molar-refractivity contribution in [3.05, 3.63) is 48.0 Å². The van der Waals surface area contributed by atoms with Crippen LogP contribution in [0.1, 0.15) is 5.56 Å². The third-order valence-electron chi connectivity index (χ3n) is 3.36. The van der Waals surface area contributed by atoms with Gasteiger partial charge in [0.1, 0.15) is 17.6 Å². The van der Waals surface area contributed by atoms with E-state index in [0.717, 1.165) is 15.5 Å². The number of aliphatic hydroxyl groups excluding tert-OH is 1. The Morgan fingerprint density at radius 3 is 2.44 bits per heavy atom. The van der Waals surface area contributed by atoms with Gasteiger partial charge in [-0.3, -0.25) is 4.31 Å². The Balaban J connectivity index is 2.34. The molecule has 0 aliphatic carbocycles. The highest BCUT2D eigenvalue weighted by molar-refractivity contribution is 7.98. The number of nitriles is 1. The molecular formula is C17H18N2O4S2. The topological polar surface area (TPSA) is 90.6 Å². The van der Waals surface area contributed by atoms with E-state index in [4.69, 9.17) is 9.84 Å². The van der Waals surface area contributed by atoms with Crippen LogP contribution < -0.4 is 9.04 Å². The highest BCUT2D eigenvalue weighted by atomic mass is 32.2. The van der Waals surface area contributed by atoms with E-state index < -0.39 is 10.0 Å². The molecule has 0 heterocycles. The zero-order chi connectivity index (χ0) is 18.4. The lowest BCUT2D eigenvalue weighted by atomic mass is 10.2. The summed E-state index contributed by atoms with van der Waals surface area (Å²) >= 11 is 1.61. The second-order valence-electron chi connectivity index (χ2n) is 5.13. The maximum Gasteiger partial charge on any atom is 0.232 e. The zero-order valence-electron chi connectivity index (χ0n) is 13.8. The Morgan fingerprint density at radius 1 is 1.24 bits per heavy atom. The van der Waals surface area contributed by atoms with Gasteiger partial charge in [-0.15, -0.1) is 11.8 Å². The second kappa shape index (κ2) is 8.25. The summed E-state index contributed by atoms with van der Waals surface area (Å²) in [5.74, 6) is 0.915. The molecule has 2 aromatic carbocycles. The first-order chi connectivity index (χ1) is 11.9. The smallest absolute Gasteiger partial charge is 0.232 e. The predicted molar refractivity (Wildman–Crippen MR) is 98.7 cm³/mol. The normalized spacial score (nSPS) is 11.0. The molecule has 0 fully saturated rings. The molecular weight excluding hydrogens is 360 g/mol. The lowest BCUT2D eigenvalue weighted by Gasteiger charge is -2.22. The Labute approximate surface area is 151 Å². The van der Waals surface area contributed by atoms with Crippen LogP contribution in [0.25, 0.3) is 0 Å². The number of nitrogens with zero attached hydrogens (tertiary/aromatic N) is 2. The van der Waals surface area contributed by atoms with Crippen molar-refractivity contribution in [2.24, 2.45) is 0 Å². The van der Waals surface area contributed by atoms with Gasteiger partial charge in [0.15, 0.2) is 0 Å². The van der Waals surface area contributed by atoms with Gasteiger partial charge < -0.3 is 9.84 Å². The Hall–Kier alpha value is -2.21. The number of hydrogen-bond donors (Lipinski definition) is 1. The summed E-state index contributed by atoms with van der Waals surface area (Å²) < 4.78 is 30.5. The van der Waals surface area contributed by atoms with Crippen molar-refractivity contribution < 1.29 is 18.3 Å². The first-order valence-electron chi connectivity index (χ1n) is 7.33. The van der Waals surface area contributed by atoms with Crippen molar-refractivity contribution in [3.63, 3.8) is 0 Å². The third-order valence-corrected chi connectivity index (χ3v) is 5.30.